The molecule has 0 saturated carbocycles. The number of rotatable bonds is 3. The van der Waals surface area contributed by atoms with E-state index in [1.54, 1.807) is 0 Å². The normalized spacial score (nSPS) is 15.0. The fourth-order valence-electron chi connectivity index (χ4n) is 0.647. The molecule has 0 unspecified atom stereocenters. The summed E-state index contributed by atoms with van der Waals surface area (Å²) in [5, 5.41) is 0. The van der Waals surface area contributed by atoms with E-state index < -0.39 is 12.5 Å². The Morgan fingerprint density at radius 2 is 1.78 bits per heavy atom. The molecule has 0 aliphatic heterocycles. The minimum atomic E-state index is -2.37. The quantitative estimate of drug-likeness (QED) is 0.628. The molecule has 0 aromatic carbocycles. The summed E-state index contributed by atoms with van der Waals surface area (Å²) in [6, 6.07) is -0.940. The van der Waals surface area contributed by atoms with E-state index in [0.29, 0.717) is 6.42 Å². The lowest BCUT2D eigenvalue weighted by Crippen LogP contribution is -2.29. The second-order valence-corrected chi connectivity index (χ2v) is 2.63. The molecule has 0 heterocycles. The summed E-state index contributed by atoms with van der Waals surface area (Å²) in [6.07, 6.45) is -1.97. The van der Waals surface area contributed by atoms with E-state index in [-0.39, 0.29) is 5.92 Å². The van der Waals surface area contributed by atoms with Gasteiger partial charge >= 0.3 is 0 Å². The van der Waals surface area contributed by atoms with Crippen molar-refractivity contribution in [2.75, 3.05) is 0 Å². The van der Waals surface area contributed by atoms with E-state index >= 15 is 0 Å². The maximum absolute atomic E-state index is 11.7. The SMILES string of the molecule is CC(C)C[C@@H](N)C(F)F. The third kappa shape index (κ3) is 4.33. The molecule has 0 fully saturated rings. The Kier molecular flexibility index (Phi) is 3.70. The lowest BCUT2D eigenvalue weighted by Gasteiger charge is -2.11. The fraction of sp³-hybridized carbons (Fsp3) is 1.00. The van der Waals surface area contributed by atoms with E-state index in [1.165, 1.54) is 0 Å². The summed E-state index contributed by atoms with van der Waals surface area (Å²) in [4.78, 5) is 0. The monoisotopic (exact) mass is 137 g/mol. The fourth-order valence-corrected chi connectivity index (χ4v) is 0.647. The smallest absolute Gasteiger partial charge is 0.253 e. The molecule has 0 aliphatic rings. The molecule has 2 N–H and O–H groups in total. The van der Waals surface area contributed by atoms with Gasteiger partial charge in [0, 0.05) is 0 Å². The summed E-state index contributed by atoms with van der Waals surface area (Å²) in [7, 11) is 0. The van der Waals surface area contributed by atoms with E-state index in [0.717, 1.165) is 0 Å². The molecule has 0 aromatic rings. The number of nitrogens with two attached hydrogens (primary N) is 1. The van der Waals surface area contributed by atoms with Crippen LogP contribution in [0.3, 0.4) is 0 Å². The standard InChI is InChI=1S/C6H13F2N/c1-4(2)3-5(9)6(7)8/h4-6H,3,9H2,1-2H3/t5-/m1/s1. The van der Waals surface area contributed by atoms with Gasteiger partial charge in [-0.15, -0.1) is 0 Å². The van der Waals surface area contributed by atoms with Crippen molar-refractivity contribution in [2.45, 2.75) is 32.7 Å². The van der Waals surface area contributed by atoms with Crippen LogP contribution in [0.15, 0.2) is 0 Å². The van der Waals surface area contributed by atoms with Crippen molar-refractivity contribution in [3.05, 3.63) is 0 Å². The van der Waals surface area contributed by atoms with Crippen LogP contribution in [0.4, 0.5) is 8.78 Å². The van der Waals surface area contributed by atoms with Gasteiger partial charge in [0.1, 0.15) is 0 Å². The predicted molar refractivity (Wildman–Crippen MR) is 33.4 cm³/mol. The Bertz CT molecular complexity index is 73.5. The average molecular weight is 137 g/mol. The molecule has 0 spiro atoms. The van der Waals surface area contributed by atoms with Crippen LogP contribution in [0.1, 0.15) is 20.3 Å². The van der Waals surface area contributed by atoms with Gasteiger partial charge < -0.3 is 5.73 Å². The van der Waals surface area contributed by atoms with Gasteiger partial charge in [0.15, 0.2) is 0 Å². The van der Waals surface area contributed by atoms with Crippen LogP contribution in [0.5, 0.6) is 0 Å². The topological polar surface area (TPSA) is 26.0 Å². The highest BCUT2D eigenvalue weighted by molar-refractivity contribution is 4.64. The van der Waals surface area contributed by atoms with Gasteiger partial charge in [-0.3, -0.25) is 0 Å². The summed E-state index contributed by atoms with van der Waals surface area (Å²) >= 11 is 0. The first-order valence-electron chi connectivity index (χ1n) is 3.07. The van der Waals surface area contributed by atoms with Crippen molar-refractivity contribution >= 4 is 0 Å². The molecule has 56 valence electrons. The lowest BCUT2D eigenvalue weighted by molar-refractivity contribution is 0.106. The average Bonchev–Trinajstić information content (AvgIpc) is 1.63. The van der Waals surface area contributed by atoms with Gasteiger partial charge in [-0.1, -0.05) is 13.8 Å². The zero-order valence-corrected chi connectivity index (χ0v) is 5.77. The third-order valence-corrected chi connectivity index (χ3v) is 1.07. The molecule has 0 aliphatic carbocycles. The maximum atomic E-state index is 11.7. The second-order valence-electron chi connectivity index (χ2n) is 2.63. The van der Waals surface area contributed by atoms with Crippen LogP contribution in [-0.4, -0.2) is 12.5 Å². The molecule has 1 atom stereocenters. The van der Waals surface area contributed by atoms with Gasteiger partial charge in [0.25, 0.3) is 6.43 Å². The summed E-state index contributed by atoms with van der Waals surface area (Å²) < 4.78 is 23.3. The Labute approximate surface area is 54.2 Å². The minimum absolute atomic E-state index is 0.258. The molecule has 0 rings (SSSR count). The van der Waals surface area contributed by atoms with Gasteiger partial charge in [0.2, 0.25) is 0 Å². The van der Waals surface area contributed by atoms with Gasteiger partial charge in [-0.05, 0) is 12.3 Å². The third-order valence-electron chi connectivity index (χ3n) is 1.07. The number of halogens is 2. The first-order chi connectivity index (χ1) is 4.04. The van der Waals surface area contributed by atoms with Crippen LogP contribution in [0.25, 0.3) is 0 Å². The molecular formula is C6H13F2N. The van der Waals surface area contributed by atoms with E-state index in [9.17, 15) is 8.78 Å². The first-order valence-corrected chi connectivity index (χ1v) is 3.07. The van der Waals surface area contributed by atoms with Crippen LogP contribution in [0, 0.1) is 5.92 Å². The van der Waals surface area contributed by atoms with E-state index in [2.05, 4.69) is 0 Å². The molecule has 1 nitrogen and oxygen atoms in total. The van der Waals surface area contributed by atoms with Gasteiger partial charge in [-0.2, -0.15) is 0 Å². The Morgan fingerprint density at radius 1 is 1.33 bits per heavy atom. The molecule has 0 radical (unpaired) electrons. The van der Waals surface area contributed by atoms with Crippen molar-refractivity contribution in [1.29, 1.82) is 0 Å². The highest BCUT2D eigenvalue weighted by Crippen LogP contribution is 2.08. The Balaban J connectivity index is 3.38. The Hall–Kier alpha value is -0.180. The van der Waals surface area contributed by atoms with Gasteiger partial charge in [0.05, 0.1) is 6.04 Å². The molecule has 9 heavy (non-hydrogen) atoms. The van der Waals surface area contributed by atoms with Crippen LogP contribution >= 0.6 is 0 Å². The molecule has 3 heteroatoms. The largest absolute Gasteiger partial charge is 0.323 e. The van der Waals surface area contributed by atoms with Crippen LogP contribution in [-0.2, 0) is 0 Å². The molecule has 0 aromatic heterocycles. The summed E-state index contributed by atoms with van der Waals surface area (Å²) in [5.41, 5.74) is 5.07. The van der Waals surface area contributed by atoms with Crippen molar-refractivity contribution in [3.63, 3.8) is 0 Å². The van der Waals surface area contributed by atoms with Crippen molar-refractivity contribution < 1.29 is 8.78 Å². The number of alkyl halides is 2. The first kappa shape index (κ1) is 8.82. The van der Waals surface area contributed by atoms with Crippen molar-refractivity contribution in [3.8, 4) is 0 Å². The second kappa shape index (κ2) is 3.77. The molecule has 0 amide bonds. The number of hydrogen-bond acceptors (Lipinski definition) is 1. The lowest BCUT2D eigenvalue weighted by atomic mass is 10.1. The molecule has 0 saturated heterocycles. The highest BCUT2D eigenvalue weighted by Gasteiger charge is 2.15. The Morgan fingerprint density at radius 3 is 1.89 bits per heavy atom. The highest BCUT2D eigenvalue weighted by atomic mass is 19.3. The maximum Gasteiger partial charge on any atom is 0.253 e. The van der Waals surface area contributed by atoms with Crippen LogP contribution in [0.2, 0.25) is 0 Å². The molecule has 0 bridgehead atoms. The van der Waals surface area contributed by atoms with Crippen molar-refractivity contribution in [2.24, 2.45) is 11.7 Å². The number of hydrogen-bond donors (Lipinski definition) is 1. The van der Waals surface area contributed by atoms with Gasteiger partial charge in [-0.25, -0.2) is 8.78 Å². The minimum Gasteiger partial charge on any atom is -0.323 e. The van der Waals surface area contributed by atoms with Crippen molar-refractivity contribution in [1.82, 2.24) is 0 Å². The summed E-state index contributed by atoms with van der Waals surface area (Å²) in [6.45, 7) is 3.75. The van der Waals surface area contributed by atoms with Crippen LogP contribution < -0.4 is 5.73 Å². The molecular weight excluding hydrogens is 124 g/mol. The predicted octanol–water partition coefficient (Wildman–Crippen LogP) is 1.62. The summed E-state index contributed by atoms with van der Waals surface area (Å²) in [5.74, 6) is 0.258. The zero-order valence-electron chi connectivity index (χ0n) is 5.77. The zero-order chi connectivity index (χ0) is 7.44. The van der Waals surface area contributed by atoms with E-state index in [4.69, 9.17) is 5.73 Å². The van der Waals surface area contributed by atoms with E-state index in [1.807, 2.05) is 13.8 Å².